The van der Waals surface area contributed by atoms with Crippen molar-refractivity contribution in [3.63, 3.8) is 0 Å². The highest BCUT2D eigenvalue weighted by atomic mass is 32.2. The van der Waals surface area contributed by atoms with Crippen molar-refractivity contribution < 1.29 is 14.3 Å². The van der Waals surface area contributed by atoms with Crippen molar-refractivity contribution in [2.75, 3.05) is 33.1 Å². The normalized spacial score (nSPS) is 14.0. The van der Waals surface area contributed by atoms with Crippen LogP contribution in [0.5, 0.6) is 5.75 Å². The number of carbonyl (C=O) groups is 1. The first kappa shape index (κ1) is 20.9. The minimum absolute atomic E-state index is 0.0765. The summed E-state index contributed by atoms with van der Waals surface area (Å²) in [5.41, 5.74) is 1.66. The monoisotopic (exact) mass is 445 g/mol. The Balaban J connectivity index is 1.91. The van der Waals surface area contributed by atoms with E-state index in [1.807, 2.05) is 18.2 Å². The highest BCUT2D eigenvalue weighted by molar-refractivity contribution is 7.99. The van der Waals surface area contributed by atoms with Gasteiger partial charge in [-0.25, -0.2) is 4.98 Å². The minimum atomic E-state index is -0.365. The third-order valence-corrected chi connectivity index (χ3v) is 7.25. The van der Waals surface area contributed by atoms with Crippen LogP contribution in [0.3, 0.4) is 0 Å². The fourth-order valence-electron chi connectivity index (χ4n) is 3.60. The molecule has 3 aromatic rings. The number of esters is 1. The molecule has 0 saturated heterocycles. The molecule has 1 aliphatic rings. The van der Waals surface area contributed by atoms with E-state index < -0.39 is 0 Å². The van der Waals surface area contributed by atoms with Crippen molar-refractivity contribution in [2.45, 2.75) is 25.0 Å². The van der Waals surface area contributed by atoms with Gasteiger partial charge in [-0.15, -0.1) is 11.3 Å². The molecule has 9 heteroatoms. The summed E-state index contributed by atoms with van der Waals surface area (Å²) in [4.78, 5) is 34.5. The molecular formula is C21H23N3O4S2. The standard InChI is InChI=1S/C21H23N3O4S2/c1-4-23-9-8-15-16(11-23)30-19-18(15)20(26)24(13-6-5-7-14(10-13)27-2)21(22-19)29-12-17(25)28-3/h5-7,10H,4,8-9,11-12H2,1-3H3. The van der Waals surface area contributed by atoms with Crippen LogP contribution in [-0.2, 0) is 22.5 Å². The van der Waals surface area contributed by atoms with Crippen LogP contribution in [-0.4, -0.2) is 53.5 Å². The van der Waals surface area contributed by atoms with E-state index in [1.54, 1.807) is 29.1 Å². The van der Waals surface area contributed by atoms with E-state index in [-0.39, 0.29) is 17.3 Å². The molecule has 4 rings (SSSR count). The lowest BCUT2D eigenvalue weighted by molar-refractivity contribution is -0.137. The average Bonchev–Trinajstić information content (AvgIpc) is 3.15. The fourth-order valence-corrected chi connectivity index (χ4v) is 5.75. The van der Waals surface area contributed by atoms with Crippen LogP contribution in [0.15, 0.2) is 34.2 Å². The third kappa shape index (κ3) is 3.84. The zero-order valence-corrected chi connectivity index (χ0v) is 18.8. The average molecular weight is 446 g/mol. The van der Waals surface area contributed by atoms with Crippen LogP contribution >= 0.6 is 23.1 Å². The molecule has 0 bridgehead atoms. The van der Waals surface area contributed by atoms with Crippen LogP contribution in [0.4, 0.5) is 0 Å². The molecule has 1 aliphatic heterocycles. The Kier molecular flexibility index (Phi) is 6.12. The molecule has 0 spiro atoms. The minimum Gasteiger partial charge on any atom is -0.497 e. The van der Waals surface area contributed by atoms with Gasteiger partial charge in [-0.05, 0) is 30.7 Å². The predicted molar refractivity (Wildman–Crippen MR) is 119 cm³/mol. The molecule has 158 valence electrons. The SMILES string of the molecule is CCN1CCc2c(sc3nc(SCC(=O)OC)n(-c4cccc(OC)c4)c(=O)c23)C1. The molecule has 0 aliphatic carbocycles. The number of thioether (sulfide) groups is 1. The van der Waals surface area contributed by atoms with Crippen molar-refractivity contribution in [3.8, 4) is 11.4 Å². The van der Waals surface area contributed by atoms with Crippen LogP contribution in [0, 0.1) is 0 Å². The quantitative estimate of drug-likeness (QED) is 0.328. The molecule has 1 aromatic carbocycles. The van der Waals surface area contributed by atoms with E-state index in [0.29, 0.717) is 22.0 Å². The van der Waals surface area contributed by atoms with Crippen molar-refractivity contribution in [1.29, 1.82) is 0 Å². The fraction of sp³-hybridized carbons (Fsp3) is 0.381. The second kappa shape index (κ2) is 8.79. The molecule has 7 nitrogen and oxygen atoms in total. The second-order valence-electron chi connectivity index (χ2n) is 6.90. The number of ether oxygens (including phenoxy) is 2. The van der Waals surface area contributed by atoms with Gasteiger partial charge in [0.05, 0.1) is 31.0 Å². The first-order valence-electron chi connectivity index (χ1n) is 9.69. The molecule has 0 atom stereocenters. The summed E-state index contributed by atoms with van der Waals surface area (Å²) in [7, 11) is 2.94. The first-order valence-corrected chi connectivity index (χ1v) is 11.5. The number of aromatic nitrogens is 2. The van der Waals surface area contributed by atoms with Gasteiger partial charge in [0.2, 0.25) is 0 Å². The maximum Gasteiger partial charge on any atom is 0.316 e. The Labute approximate surface area is 182 Å². The van der Waals surface area contributed by atoms with Crippen LogP contribution in [0.2, 0.25) is 0 Å². The number of fused-ring (bicyclic) bond motifs is 3. The topological polar surface area (TPSA) is 73.7 Å². The van der Waals surface area contributed by atoms with Crippen molar-refractivity contribution in [1.82, 2.24) is 14.5 Å². The second-order valence-corrected chi connectivity index (χ2v) is 8.93. The van der Waals surface area contributed by atoms with Crippen LogP contribution in [0.25, 0.3) is 15.9 Å². The molecule has 0 saturated carbocycles. The Morgan fingerprint density at radius 3 is 2.90 bits per heavy atom. The van der Waals surface area contributed by atoms with Crippen LogP contribution in [0.1, 0.15) is 17.4 Å². The van der Waals surface area contributed by atoms with Crippen molar-refractivity contribution >= 4 is 39.3 Å². The lowest BCUT2D eigenvalue weighted by Crippen LogP contribution is -2.30. The maximum atomic E-state index is 13.7. The zero-order valence-electron chi connectivity index (χ0n) is 17.1. The predicted octanol–water partition coefficient (Wildman–Crippen LogP) is 3.10. The Morgan fingerprint density at radius 2 is 2.17 bits per heavy atom. The number of methoxy groups -OCH3 is 2. The zero-order chi connectivity index (χ0) is 21.3. The van der Waals surface area contributed by atoms with Gasteiger partial charge >= 0.3 is 5.97 Å². The summed E-state index contributed by atoms with van der Waals surface area (Å²) < 4.78 is 11.7. The number of likely N-dealkylation sites (N-methyl/N-ethyl adjacent to an activating group) is 1. The molecule has 0 fully saturated rings. The van der Waals surface area contributed by atoms with Gasteiger partial charge in [0.1, 0.15) is 10.6 Å². The molecule has 2 aromatic heterocycles. The maximum absolute atomic E-state index is 13.7. The Hall–Kier alpha value is -2.36. The number of benzene rings is 1. The summed E-state index contributed by atoms with van der Waals surface area (Å²) in [5.74, 6) is 0.359. The molecular weight excluding hydrogens is 422 g/mol. The Bertz CT molecular complexity index is 1160. The summed E-state index contributed by atoms with van der Waals surface area (Å²) in [6.07, 6.45) is 0.840. The molecule has 0 radical (unpaired) electrons. The number of nitrogens with zero attached hydrogens (tertiary/aromatic N) is 3. The van der Waals surface area contributed by atoms with Crippen LogP contribution < -0.4 is 10.3 Å². The van der Waals surface area contributed by atoms with Gasteiger partial charge in [0.25, 0.3) is 5.56 Å². The lowest BCUT2D eigenvalue weighted by atomic mass is 10.1. The number of thiophene rings is 1. The molecule has 0 unspecified atom stereocenters. The first-order chi connectivity index (χ1) is 14.5. The lowest BCUT2D eigenvalue weighted by Gasteiger charge is -2.25. The largest absolute Gasteiger partial charge is 0.497 e. The van der Waals surface area contributed by atoms with Gasteiger partial charge < -0.3 is 9.47 Å². The van der Waals surface area contributed by atoms with Crippen molar-refractivity contribution in [3.05, 3.63) is 45.1 Å². The highest BCUT2D eigenvalue weighted by Gasteiger charge is 2.25. The van der Waals surface area contributed by atoms with Gasteiger partial charge in [-0.1, -0.05) is 24.8 Å². The van der Waals surface area contributed by atoms with Gasteiger partial charge in [-0.2, -0.15) is 0 Å². The highest BCUT2D eigenvalue weighted by Crippen LogP contribution is 2.34. The third-order valence-electron chi connectivity index (χ3n) is 5.23. The van der Waals surface area contributed by atoms with E-state index in [0.717, 1.165) is 36.4 Å². The molecule has 30 heavy (non-hydrogen) atoms. The summed E-state index contributed by atoms with van der Waals surface area (Å²) in [6.45, 7) is 4.91. The van der Waals surface area contributed by atoms with E-state index in [9.17, 15) is 9.59 Å². The van der Waals surface area contributed by atoms with Crippen molar-refractivity contribution in [2.24, 2.45) is 0 Å². The van der Waals surface area contributed by atoms with E-state index in [2.05, 4.69) is 11.8 Å². The van der Waals surface area contributed by atoms with Gasteiger partial charge in [0.15, 0.2) is 5.16 Å². The summed E-state index contributed by atoms with van der Waals surface area (Å²) >= 11 is 2.78. The molecule has 3 heterocycles. The molecule has 0 amide bonds. The number of rotatable bonds is 6. The van der Waals surface area contributed by atoms with E-state index in [4.69, 9.17) is 14.5 Å². The Morgan fingerprint density at radius 1 is 1.33 bits per heavy atom. The smallest absolute Gasteiger partial charge is 0.316 e. The van der Waals surface area contributed by atoms with Gasteiger partial charge in [0, 0.05) is 24.0 Å². The molecule has 0 N–H and O–H groups in total. The van der Waals surface area contributed by atoms with E-state index >= 15 is 0 Å². The van der Waals surface area contributed by atoms with E-state index in [1.165, 1.54) is 23.7 Å². The number of hydrogen-bond donors (Lipinski definition) is 0. The van der Waals surface area contributed by atoms with Gasteiger partial charge in [-0.3, -0.25) is 19.1 Å². The summed E-state index contributed by atoms with van der Waals surface area (Å²) in [6, 6.07) is 7.31. The summed E-state index contributed by atoms with van der Waals surface area (Å²) in [5, 5.41) is 1.16. The number of hydrogen-bond acceptors (Lipinski definition) is 8. The number of carbonyl (C=O) groups excluding carboxylic acids is 1.